The van der Waals surface area contributed by atoms with Crippen LogP contribution in [-0.2, 0) is 4.79 Å². The number of nitrogens with one attached hydrogen (secondary N) is 2. The molecule has 1 aromatic rings. The van der Waals surface area contributed by atoms with E-state index in [0.717, 1.165) is 12.8 Å². The maximum atomic E-state index is 12.5. The average Bonchev–Trinajstić information content (AvgIpc) is 2.54. The number of nitrogens with zero attached hydrogens (tertiary/aromatic N) is 2. The highest BCUT2D eigenvalue weighted by atomic mass is 16.5. The van der Waals surface area contributed by atoms with E-state index in [1.54, 1.807) is 23.2 Å². The van der Waals surface area contributed by atoms with Crippen LogP contribution in [0.15, 0.2) is 18.3 Å². The molecular formula is C15H22N4O3. The van der Waals surface area contributed by atoms with Crippen molar-refractivity contribution in [2.75, 3.05) is 25.5 Å². The van der Waals surface area contributed by atoms with E-state index in [2.05, 4.69) is 22.5 Å². The van der Waals surface area contributed by atoms with Gasteiger partial charge in [0.15, 0.2) is 0 Å². The van der Waals surface area contributed by atoms with Crippen molar-refractivity contribution in [3.8, 4) is 5.88 Å². The number of pyridine rings is 1. The smallest absolute Gasteiger partial charge is 0.322 e. The molecule has 0 saturated carbocycles. The Hall–Kier alpha value is -2.31. The summed E-state index contributed by atoms with van der Waals surface area (Å²) in [6.45, 7) is 3.03. The zero-order valence-electron chi connectivity index (χ0n) is 13.0. The number of urea groups is 1. The van der Waals surface area contributed by atoms with Crippen LogP contribution in [-0.4, -0.2) is 48.1 Å². The molecule has 3 amide bonds. The van der Waals surface area contributed by atoms with Crippen LogP contribution < -0.4 is 15.4 Å². The van der Waals surface area contributed by atoms with Gasteiger partial charge in [-0.3, -0.25) is 4.79 Å². The third-order valence-corrected chi connectivity index (χ3v) is 3.63. The van der Waals surface area contributed by atoms with Crippen LogP contribution in [0.4, 0.5) is 10.5 Å². The number of aromatic nitrogens is 1. The molecule has 2 rings (SSSR count). The minimum Gasteiger partial charge on any atom is -0.480 e. The van der Waals surface area contributed by atoms with Crippen molar-refractivity contribution in [1.82, 2.24) is 15.2 Å². The third kappa shape index (κ3) is 3.66. The predicted molar refractivity (Wildman–Crippen MR) is 82.8 cm³/mol. The van der Waals surface area contributed by atoms with Crippen LogP contribution in [0.1, 0.15) is 26.2 Å². The molecule has 0 spiro atoms. The molecule has 1 aromatic heterocycles. The van der Waals surface area contributed by atoms with Crippen molar-refractivity contribution in [1.29, 1.82) is 0 Å². The summed E-state index contributed by atoms with van der Waals surface area (Å²) in [6, 6.07) is 2.71. The standard InChI is InChI=1S/C15H22N4O3/c1-3-4-7-12-13(20)16-9-10-19(12)15(21)18-11-6-5-8-17-14(11)22-2/h5-6,8,12H,3-4,7,9-10H2,1-2H3,(H,16,20)(H,18,21)/t12-/m1/s1. The number of carbonyl (C=O) groups is 2. The largest absolute Gasteiger partial charge is 0.480 e. The van der Waals surface area contributed by atoms with Crippen LogP contribution in [0.3, 0.4) is 0 Å². The minimum absolute atomic E-state index is 0.0898. The first-order valence-electron chi connectivity index (χ1n) is 7.51. The zero-order valence-corrected chi connectivity index (χ0v) is 13.0. The third-order valence-electron chi connectivity index (χ3n) is 3.63. The van der Waals surface area contributed by atoms with Crippen LogP contribution in [0, 0.1) is 0 Å². The van der Waals surface area contributed by atoms with Gasteiger partial charge in [0.25, 0.3) is 0 Å². The van der Waals surface area contributed by atoms with E-state index in [9.17, 15) is 9.59 Å². The van der Waals surface area contributed by atoms with Gasteiger partial charge in [-0.05, 0) is 18.6 Å². The van der Waals surface area contributed by atoms with E-state index in [0.29, 0.717) is 31.1 Å². The van der Waals surface area contributed by atoms with Crippen LogP contribution in [0.2, 0.25) is 0 Å². The fourth-order valence-electron chi connectivity index (χ4n) is 2.48. The van der Waals surface area contributed by atoms with E-state index in [1.807, 2.05) is 0 Å². The molecule has 0 aromatic carbocycles. The van der Waals surface area contributed by atoms with Gasteiger partial charge in [0.1, 0.15) is 11.7 Å². The van der Waals surface area contributed by atoms with Gasteiger partial charge in [-0.15, -0.1) is 0 Å². The van der Waals surface area contributed by atoms with Gasteiger partial charge in [0.05, 0.1) is 7.11 Å². The minimum atomic E-state index is -0.420. The number of carbonyl (C=O) groups excluding carboxylic acids is 2. The first-order chi connectivity index (χ1) is 10.7. The van der Waals surface area contributed by atoms with Gasteiger partial charge in [-0.2, -0.15) is 0 Å². The Kier molecular flexibility index (Phi) is 5.57. The Balaban J connectivity index is 2.10. The molecule has 0 unspecified atom stereocenters. The molecule has 2 N–H and O–H groups in total. The highest BCUT2D eigenvalue weighted by molar-refractivity contribution is 5.95. The topological polar surface area (TPSA) is 83.6 Å². The quantitative estimate of drug-likeness (QED) is 0.865. The second-order valence-electron chi connectivity index (χ2n) is 5.13. The van der Waals surface area contributed by atoms with Crippen molar-refractivity contribution in [3.05, 3.63) is 18.3 Å². The number of unbranched alkanes of at least 4 members (excludes halogenated alkanes) is 1. The molecule has 1 aliphatic rings. The second kappa shape index (κ2) is 7.63. The number of hydrogen-bond acceptors (Lipinski definition) is 4. The lowest BCUT2D eigenvalue weighted by Crippen LogP contribution is -2.58. The molecule has 0 radical (unpaired) electrons. The van der Waals surface area contributed by atoms with Gasteiger partial charge in [0.2, 0.25) is 11.8 Å². The number of anilines is 1. The average molecular weight is 306 g/mol. The first kappa shape index (κ1) is 16.1. The van der Waals surface area contributed by atoms with E-state index in [1.165, 1.54) is 7.11 Å². The van der Waals surface area contributed by atoms with Crippen molar-refractivity contribution in [3.63, 3.8) is 0 Å². The van der Waals surface area contributed by atoms with Gasteiger partial charge >= 0.3 is 6.03 Å². The molecule has 0 aliphatic carbocycles. The van der Waals surface area contributed by atoms with E-state index in [-0.39, 0.29) is 11.9 Å². The molecule has 1 atom stereocenters. The summed E-state index contributed by atoms with van der Waals surface area (Å²) < 4.78 is 5.12. The number of ether oxygens (including phenoxy) is 1. The zero-order chi connectivity index (χ0) is 15.9. The molecule has 22 heavy (non-hydrogen) atoms. The Morgan fingerprint density at radius 2 is 2.41 bits per heavy atom. The van der Waals surface area contributed by atoms with Gasteiger partial charge in [0, 0.05) is 19.3 Å². The Morgan fingerprint density at radius 1 is 1.59 bits per heavy atom. The van der Waals surface area contributed by atoms with Crippen molar-refractivity contribution in [2.45, 2.75) is 32.2 Å². The molecule has 2 heterocycles. The molecule has 0 bridgehead atoms. The number of piperazine rings is 1. The van der Waals surface area contributed by atoms with Crippen molar-refractivity contribution in [2.24, 2.45) is 0 Å². The van der Waals surface area contributed by atoms with Crippen LogP contribution in [0.25, 0.3) is 0 Å². The molecule has 120 valence electrons. The number of methoxy groups -OCH3 is 1. The number of hydrogen-bond donors (Lipinski definition) is 2. The molecule has 7 heteroatoms. The molecule has 7 nitrogen and oxygen atoms in total. The highest BCUT2D eigenvalue weighted by Gasteiger charge is 2.32. The van der Waals surface area contributed by atoms with E-state index < -0.39 is 6.04 Å². The lowest BCUT2D eigenvalue weighted by Gasteiger charge is -2.35. The summed E-state index contributed by atoms with van der Waals surface area (Å²) in [5, 5.41) is 5.59. The van der Waals surface area contributed by atoms with Gasteiger partial charge in [-0.25, -0.2) is 9.78 Å². The maximum Gasteiger partial charge on any atom is 0.322 e. The lowest BCUT2D eigenvalue weighted by molar-refractivity contribution is -0.127. The Labute approximate surface area is 130 Å². The lowest BCUT2D eigenvalue weighted by atomic mass is 10.1. The fraction of sp³-hybridized carbons (Fsp3) is 0.533. The normalized spacial score (nSPS) is 17.8. The highest BCUT2D eigenvalue weighted by Crippen LogP contribution is 2.21. The molecule has 1 aliphatic heterocycles. The SMILES string of the molecule is CCCC[C@@H]1C(=O)NCCN1C(=O)Nc1cccnc1OC. The second-order valence-corrected chi connectivity index (χ2v) is 5.13. The Morgan fingerprint density at radius 3 is 3.14 bits per heavy atom. The summed E-state index contributed by atoms with van der Waals surface area (Å²) in [7, 11) is 1.50. The van der Waals surface area contributed by atoms with Crippen LogP contribution in [0.5, 0.6) is 5.88 Å². The monoisotopic (exact) mass is 306 g/mol. The van der Waals surface area contributed by atoms with Crippen molar-refractivity contribution >= 4 is 17.6 Å². The summed E-state index contributed by atoms with van der Waals surface area (Å²) in [5.41, 5.74) is 0.496. The summed E-state index contributed by atoms with van der Waals surface area (Å²) in [4.78, 5) is 30.2. The molecule has 1 saturated heterocycles. The summed E-state index contributed by atoms with van der Waals surface area (Å²) in [5.74, 6) is 0.260. The van der Waals surface area contributed by atoms with Crippen LogP contribution >= 0.6 is 0 Å². The number of amides is 3. The Bertz CT molecular complexity index is 535. The fourth-order valence-corrected chi connectivity index (χ4v) is 2.48. The summed E-state index contributed by atoms with van der Waals surface area (Å²) in [6.07, 6.45) is 4.14. The summed E-state index contributed by atoms with van der Waals surface area (Å²) >= 11 is 0. The molecule has 1 fully saturated rings. The maximum absolute atomic E-state index is 12.5. The number of rotatable bonds is 5. The van der Waals surface area contributed by atoms with Gasteiger partial charge in [-0.1, -0.05) is 19.8 Å². The first-order valence-corrected chi connectivity index (χ1v) is 7.51. The van der Waals surface area contributed by atoms with Gasteiger partial charge < -0.3 is 20.3 Å². The van der Waals surface area contributed by atoms with Crippen molar-refractivity contribution < 1.29 is 14.3 Å². The van der Waals surface area contributed by atoms with E-state index >= 15 is 0 Å². The predicted octanol–water partition coefficient (Wildman–Crippen LogP) is 1.61. The van der Waals surface area contributed by atoms with E-state index in [4.69, 9.17) is 4.74 Å². The molecular weight excluding hydrogens is 284 g/mol.